The molecule has 7 heteroatoms. The molecule has 1 atom stereocenters. The van der Waals surface area contributed by atoms with E-state index in [-0.39, 0.29) is 17.9 Å². The summed E-state index contributed by atoms with van der Waals surface area (Å²) in [6.07, 6.45) is 5.22. The molecule has 0 N–H and O–H groups in total. The van der Waals surface area contributed by atoms with Crippen molar-refractivity contribution in [3.8, 4) is 5.75 Å². The SMILES string of the molecule is CCN1CCCCCN(C(=O)c2ccnn2C)[C@@H](CC(C)C)COc2ccccc2C1=O. The Morgan fingerprint density at radius 2 is 1.91 bits per heavy atom. The number of amides is 2. The molecule has 2 amide bonds. The number of fused-ring (bicyclic) bond motifs is 1. The normalized spacial score (nSPS) is 18.4. The largest absolute Gasteiger partial charge is 0.491 e. The van der Waals surface area contributed by atoms with Crippen LogP contribution in [0.4, 0.5) is 0 Å². The van der Waals surface area contributed by atoms with Crippen molar-refractivity contribution in [2.24, 2.45) is 13.0 Å². The van der Waals surface area contributed by atoms with E-state index >= 15 is 0 Å². The Labute approximate surface area is 191 Å². The van der Waals surface area contributed by atoms with Crippen molar-refractivity contribution < 1.29 is 14.3 Å². The summed E-state index contributed by atoms with van der Waals surface area (Å²) >= 11 is 0. The van der Waals surface area contributed by atoms with E-state index < -0.39 is 0 Å². The van der Waals surface area contributed by atoms with E-state index in [1.165, 1.54) is 0 Å². The molecule has 0 saturated carbocycles. The molecule has 1 aliphatic rings. The second kappa shape index (κ2) is 11.2. The van der Waals surface area contributed by atoms with Gasteiger partial charge in [0.1, 0.15) is 18.1 Å². The lowest BCUT2D eigenvalue weighted by atomic mass is 10.0. The molecule has 0 bridgehead atoms. The minimum absolute atomic E-state index is 0.00516. The smallest absolute Gasteiger partial charge is 0.272 e. The number of rotatable bonds is 4. The van der Waals surface area contributed by atoms with Gasteiger partial charge in [0.05, 0.1) is 11.6 Å². The molecule has 2 aromatic rings. The molecule has 0 saturated heterocycles. The second-order valence-electron chi connectivity index (χ2n) is 8.87. The van der Waals surface area contributed by atoms with Gasteiger partial charge in [-0.15, -0.1) is 0 Å². The topological polar surface area (TPSA) is 67.7 Å². The number of benzene rings is 1. The van der Waals surface area contributed by atoms with Crippen molar-refractivity contribution in [1.29, 1.82) is 0 Å². The molecule has 174 valence electrons. The summed E-state index contributed by atoms with van der Waals surface area (Å²) in [7, 11) is 1.79. The van der Waals surface area contributed by atoms with Gasteiger partial charge in [0, 0.05) is 32.9 Å². The Hall–Kier alpha value is -2.83. The summed E-state index contributed by atoms with van der Waals surface area (Å²) in [6.45, 7) is 8.69. The van der Waals surface area contributed by atoms with Gasteiger partial charge in [-0.25, -0.2) is 0 Å². The van der Waals surface area contributed by atoms with Crippen molar-refractivity contribution in [3.63, 3.8) is 0 Å². The van der Waals surface area contributed by atoms with E-state index in [0.29, 0.717) is 49.2 Å². The molecule has 2 heterocycles. The molecule has 0 fully saturated rings. The van der Waals surface area contributed by atoms with E-state index in [0.717, 1.165) is 25.7 Å². The highest BCUT2D eigenvalue weighted by Gasteiger charge is 2.29. The van der Waals surface area contributed by atoms with Gasteiger partial charge in [-0.2, -0.15) is 5.10 Å². The number of aromatic nitrogens is 2. The predicted octanol–water partition coefficient (Wildman–Crippen LogP) is 4.00. The maximum Gasteiger partial charge on any atom is 0.272 e. The zero-order valence-electron chi connectivity index (χ0n) is 19.8. The lowest BCUT2D eigenvalue weighted by Crippen LogP contribution is -2.45. The first-order valence-electron chi connectivity index (χ1n) is 11.7. The maximum absolute atomic E-state index is 13.5. The molecule has 32 heavy (non-hydrogen) atoms. The predicted molar refractivity (Wildman–Crippen MR) is 125 cm³/mol. The van der Waals surface area contributed by atoms with Crippen LogP contribution in [0.1, 0.15) is 67.3 Å². The van der Waals surface area contributed by atoms with Crippen LogP contribution in [0.25, 0.3) is 0 Å². The zero-order chi connectivity index (χ0) is 23.1. The van der Waals surface area contributed by atoms with Crippen LogP contribution in [0.3, 0.4) is 0 Å². The standard InChI is InChI=1S/C25H36N4O3/c1-5-28-15-9-6-10-16-29(25(31)22-13-14-26-27(22)4)20(17-19(2)3)18-32-23-12-8-7-11-21(23)24(28)30/h7-8,11-14,19-20H,5-6,9-10,15-18H2,1-4H3/t20-/m0/s1. The lowest BCUT2D eigenvalue weighted by Gasteiger charge is -2.33. The van der Waals surface area contributed by atoms with Crippen LogP contribution < -0.4 is 4.74 Å². The molecule has 0 unspecified atom stereocenters. The minimum atomic E-state index is -0.0939. The average molecular weight is 441 g/mol. The quantitative estimate of drug-likeness (QED) is 0.721. The fourth-order valence-corrected chi connectivity index (χ4v) is 4.30. The summed E-state index contributed by atoms with van der Waals surface area (Å²) in [5.41, 5.74) is 1.16. The average Bonchev–Trinajstić information content (AvgIpc) is 3.21. The summed E-state index contributed by atoms with van der Waals surface area (Å²) in [4.78, 5) is 30.5. The Kier molecular flexibility index (Phi) is 8.31. The molecule has 1 aliphatic heterocycles. The van der Waals surface area contributed by atoms with Crippen molar-refractivity contribution in [2.75, 3.05) is 26.2 Å². The number of carbonyl (C=O) groups is 2. The molecular weight excluding hydrogens is 404 g/mol. The first-order chi connectivity index (χ1) is 15.4. The van der Waals surface area contributed by atoms with Gasteiger partial charge in [0.2, 0.25) is 0 Å². The molecular formula is C25H36N4O3. The van der Waals surface area contributed by atoms with Crippen LogP contribution in [0, 0.1) is 5.92 Å². The fourth-order valence-electron chi connectivity index (χ4n) is 4.30. The Balaban J connectivity index is 1.94. The summed E-state index contributed by atoms with van der Waals surface area (Å²) in [6, 6.07) is 9.11. The molecule has 0 aliphatic carbocycles. The fraction of sp³-hybridized carbons (Fsp3) is 0.560. The molecule has 1 aromatic heterocycles. The van der Waals surface area contributed by atoms with E-state index in [4.69, 9.17) is 4.74 Å². The van der Waals surface area contributed by atoms with Gasteiger partial charge in [0.15, 0.2) is 0 Å². The summed E-state index contributed by atoms with van der Waals surface area (Å²) < 4.78 is 7.87. The number of ether oxygens (including phenoxy) is 1. The number of carbonyl (C=O) groups excluding carboxylic acids is 2. The molecule has 0 radical (unpaired) electrons. The number of nitrogens with zero attached hydrogens (tertiary/aromatic N) is 4. The van der Waals surface area contributed by atoms with Crippen LogP contribution in [0.2, 0.25) is 0 Å². The first kappa shape index (κ1) is 23.8. The third kappa shape index (κ3) is 5.69. The van der Waals surface area contributed by atoms with E-state index in [2.05, 4.69) is 18.9 Å². The van der Waals surface area contributed by atoms with Crippen LogP contribution >= 0.6 is 0 Å². The van der Waals surface area contributed by atoms with Gasteiger partial charge < -0.3 is 14.5 Å². The van der Waals surface area contributed by atoms with Crippen molar-refractivity contribution in [2.45, 2.75) is 52.5 Å². The number of hydrogen-bond acceptors (Lipinski definition) is 4. The van der Waals surface area contributed by atoms with Gasteiger partial charge in [-0.3, -0.25) is 14.3 Å². The molecule has 3 rings (SSSR count). The summed E-state index contributed by atoms with van der Waals surface area (Å²) in [5, 5.41) is 4.18. The van der Waals surface area contributed by atoms with Gasteiger partial charge in [-0.1, -0.05) is 26.0 Å². The van der Waals surface area contributed by atoms with E-state index in [1.54, 1.807) is 24.0 Å². The molecule has 7 nitrogen and oxygen atoms in total. The van der Waals surface area contributed by atoms with Gasteiger partial charge >= 0.3 is 0 Å². The third-order valence-corrected chi connectivity index (χ3v) is 6.03. The highest BCUT2D eigenvalue weighted by molar-refractivity contribution is 5.97. The van der Waals surface area contributed by atoms with Gasteiger partial charge in [0.25, 0.3) is 11.8 Å². The van der Waals surface area contributed by atoms with Crippen molar-refractivity contribution in [3.05, 3.63) is 47.8 Å². The first-order valence-corrected chi connectivity index (χ1v) is 11.7. The minimum Gasteiger partial charge on any atom is -0.491 e. The number of aryl methyl sites for hydroxylation is 1. The highest BCUT2D eigenvalue weighted by atomic mass is 16.5. The number of para-hydroxylation sites is 1. The highest BCUT2D eigenvalue weighted by Crippen LogP contribution is 2.24. The van der Waals surface area contributed by atoms with Crippen LogP contribution in [-0.2, 0) is 7.05 Å². The van der Waals surface area contributed by atoms with Crippen molar-refractivity contribution >= 4 is 11.8 Å². The lowest BCUT2D eigenvalue weighted by molar-refractivity contribution is 0.0562. The third-order valence-electron chi connectivity index (χ3n) is 6.03. The van der Waals surface area contributed by atoms with E-state index in [1.807, 2.05) is 41.0 Å². The second-order valence-corrected chi connectivity index (χ2v) is 8.87. The van der Waals surface area contributed by atoms with Crippen LogP contribution in [0.5, 0.6) is 5.75 Å². The van der Waals surface area contributed by atoms with Crippen LogP contribution in [0.15, 0.2) is 36.5 Å². The summed E-state index contributed by atoms with van der Waals surface area (Å²) in [5.74, 6) is 0.963. The monoisotopic (exact) mass is 440 g/mol. The Morgan fingerprint density at radius 3 is 2.59 bits per heavy atom. The van der Waals surface area contributed by atoms with E-state index in [9.17, 15) is 9.59 Å². The van der Waals surface area contributed by atoms with Gasteiger partial charge in [-0.05, 0) is 56.7 Å². The van der Waals surface area contributed by atoms with Crippen molar-refractivity contribution in [1.82, 2.24) is 19.6 Å². The zero-order valence-corrected chi connectivity index (χ0v) is 19.8. The Bertz CT molecular complexity index is 908. The van der Waals surface area contributed by atoms with Crippen LogP contribution in [-0.4, -0.2) is 63.7 Å². The Morgan fingerprint density at radius 1 is 1.16 bits per heavy atom. The molecule has 1 aromatic carbocycles. The number of hydrogen-bond donors (Lipinski definition) is 0. The molecule has 0 spiro atoms. The maximum atomic E-state index is 13.5.